The van der Waals surface area contributed by atoms with Crippen LogP contribution in [0.15, 0.2) is 71.6 Å². The van der Waals surface area contributed by atoms with E-state index in [1.165, 1.54) is 29.2 Å². The zero-order valence-corrected chi connectivity index (χ0v) is 26.6. The van der Waals surface area contributed by atoms with Gasteiger partial charge in [-0.3, -0.25) is 13.9 Å². The zero-order chi connectivity index (χ0) is 31.0. The number of amides is 2. The number of carbonyl (C=O) groups excluding carboxylic acids is 2. The molecule has 0 bridgehead atoms. The highest BCUT2D eigenvalue weighted by molar-refractivity contribution is 7.92. The van der Waals surface area contributed by atoms with Crippen LogP contribution in [0.4, 0.5) is 5.69 Å². The van der Waals surface area contributed by atoms with Crippen molar-refractivity contribution in [2.24, 2.45) is 5.92 Å². The summed E-state index contributed by atoms with van der Waals surface area (Å²) in [4.78, 5) is 29.0. The Labute approximate surface area is 254 Å². The van der Waals surface area contributed by atoms with Crippen molar-refractivity contribution >= 4 is 39.1 Å². The molecular weight excluding hydrogens is 574 g/mol. The minimum absolute atomic E-state index is 0.000934. The van der Waals surface area contributed by atoms with Gasteiger partial charge in [-0.2, -0.15) is 0 Å². The van der Waals surface area contributed by atoms with Crippen LogP contribution < -0.4 is 14.4 Å². The molecule has 42 heavy (non-hydrogen) atoms. The van der Waals surface area contributed by atoms with Crippen molar-refractivity contribution in [2.45, 2.75) is 58.5 Å². The van der Waals surface area contributed by atoms with Gasteiger partial charge in [0, 0.05) is 18.1 Å². The highest BCUT2D eigenvalue weighted by Gasteiger charge is 2.34. The molecule has 10 heteroatoms. The van der Waals surface area contributed by atoms with Gasteiger partial charge in [0.2, 0.25) is 11.8 Å². The molecule has 0 aromatic heterocycles. The van der Waals surface area contributed by atoms with E-state index in [4.69, 9.17) is 16.3 Å². The van der Waals surface area contributed by atoms with Gasteiger partial charge in [0.1, 0.15) is 18.3 Å². The lowest BCUT2D eigenvalue weighted by atomic mass is 10.1. The molecule has 0 aliphatic carbocycles. The molecule has 3 rings (SSSR count). The maximum absolute atomic E-state index is 14.2. The average molecular weight is 614 g/mol. The van der Waals surface area contributed by atoms with Crippen molar-refractivity contribution in [3.63, 3.8) is 0 Å². The molecule has 226 valence electrons. The number of carbonyl (C=O) groups is 2. The van der Waals surface area contributed by atoms with Crippen LogP contribution in [-0.2, 0) is 26.2 Å². The quantitative estimate of drug-likeness (QED) is 0.265. The summed E-state index contributed by atoms with van der Waals surface area (Å²) in [5.41, 5.74) is 2.96. The highest BCUT2D eigenvalue weighted by Crippen LogP contribution is 2.27. The smallest absolute Gasteiger partial charge is 0.264 e. The summed E-state index contributed by atoms with van der Waals surface area (Å²) >= 11 is 6.03. The minimum atomic E-state index is -4.18. The molecule has 0 saturated heterocycles. The number of benzene rings is 3. The molecule has 0 saturated carbocycles. The van der Waals surface area contributed by atoms with Crippen molar-refractivity contribution in [3.05, 3.63) is 88.4 Å². The van der Waals surface area contributed by atoms with Gasteiger partial charge < -0.3 is 15.0 Å². The van der Waals surface area contributed by atoms with Gasteiger partial charge >= 0.3 is 0 Å². The number of nitrogens with one attached hydrogen (secondary N) is 1. The number of hydrogen-bond donors (Lipinski definition) is 1. The summed E-state index contributed by atoms with van der Waals surface area (Å²) in [7, 11) is -2.63. The first-order valence-corrected chi connectivity index (χ1v) is 15.7. The van der Waals surface area contributed by atoms with Crippen molar-refractivity contribution in [2.75, 3.05) is 24.5 Å². The van der Waals surface area contributed by atoms with Gasteiger partial charge in [0.15, 0.2) is 0 Å². The Morgan fingerprint density at radius 2 is 1.67 bits per heavy atom. The Hall–Kier alpha value is -3.56. The van der Waals surface area contributed by atoms with Crippen molar-refractivity contribution in [1.82, 2.24) is 10.2 Å². The molecule has 1 N–H and O–H groups in total. The fraction of sp³-hybridized carbons (Fsp3) is 0.375. The molecule has 0 fully saturated rings. The Morgan fingerprint density at radius 3 is 2.26 bits per heavy atom. The third kappa shape index (κ3) is 8.26. The van der Waals surface area contributed by atoms with Gasteiger partial charge in [-0.15, -0.1) is 0 Å². The van der Waals surface area contributed by atoms with E-state index in [2.05, 4.69) is 5.32 Å². The summed E-state index contributed by atoms with van der Waals surface area (Å²) in [5, 5.41) is 3.33. The van der Waals surface area contributed by atoms with E-state index in [9.17, 15) is 18.0 Å². The van der Waals surface area contributed by atoms with Crippen molar-refractivity contribution in [3.8, 4) is 5.75 Å². The second kappa shape index (κ2) is 14.6. The van der Waals surface area contributed by atoms with Crippen molar-refractivity contribution < 1.29 is 22.7 Å². The number of hydrogen-bond acceptors (Lipinski definition) is 5. The number of ether oxygens (including phenoxy) is 1. The maximum atomic E-state index is 14.2. The van der Waals surface area contributed by atoms with Crippen LogP contribution in [-0.4, -0.2) is 51.4 Å². The van der Waals surface area contributed by atoms with E-state index in [0.29, 0.717) is 29.4 Å². The highest BCUT2D eigenvalue weighted by atomic mass is 35.5. The number of nitrogens with zero attached hydrogens (tertiary/aromatic N) is 2. The summed E-state index contributed by atoms with van der Waals surface area (Å²) in [6.45, 7) is 9.66. The summed E-state index contributed by atoms with van der Waals surface area (Å²) in [5.74, 6) is 0.0268. The molecule has 0 aliphatic heterocycles. The standard InChI is InChI=1S/C32H40ClN3O5S/c1-7-30(32(38)34-19-22(2)3)35(20-25-9-8-10-28(18-25)41-6)31(37)21-36(27-14-11-23(4)24(5)17-27)42(39,40)29-15-12-26(33)13-16-29/h8-18,22,30H,7,19-21H2,1-6H3,(H,34,38)/t30-/m0/s1. The monoisotopic (exact) mass is 613 g/mol. The number of aryl methyl sites for hydroxylation is 2. The molecule has 1 atom stereocenters. The second-order valence-electron chi connectivity index (χ2n) is 10.7. The van der Waals surface area contributed by atoms with E-state index < -0.39 is 28.5 Å². The van der Waals surface area contributed by atoms with Crippen LogP contribution >= 0.6 is 11.6 Å². The molecule has 0 unspecified atom stereocenters. The predicted octanol–water partition coefficient (Wildman–Crippen LogP) is 5.74. The fourth-order valence-electron chi connectivity index (χ4n) is 4.45. The lowest BCUT2D eigenvalue weighted by Crippen LogP contribution is -2.52. The van der Waals surface area contributed by atoms with Crippen LogP contribution in [0.1, 0.15) is 43.9 Å². The molecule has 0 heterocycles. The van der Waals surface area contributed by atoms with Gasteiger partial charge in [0.25, 0.3) is 10.0 Å². The van der Waals surface area contributed by atoms with E-state index in [-0.39, 0.29) is 23.3 Å². The summed E-state index contributed by atoms with van der Waals surface area (Å²) in [6, 6.07) is 17.5. The largest absolute Gasteiger partial charge is 0.497 e. The molecule has 0 aliphatic rings. The van der Waals surface area contributed by atoms with Crippen LogP contribution in [0.25, 0.3) is 0 Å². The predicted molar refractivity (Wildman–Crippen MR) is 167 cm³/mol. The van der Waals surface area contributed by atoms with Crippen LogP contribution in [0, 0.1) is 19.8 Å². The Balaban J connectivity index is 2.08. The minimum Gasteiger partial charge on any atom is -0.497 e. The van der Waals surface area contributed by atoms with Crippen LogP contribution in [0.2, 0.25) is 5.02 Å². The molecule has 3 aromatic carbocycles. The van der Waals surface area contributed by atoms with E-state index in [0.717, 1.165) is 21.0 Å². The first kappa shape index (κ1) is 32.9. The lowest BCUT2D eigenvalue weighted by Gasteiger charge is -2.33. The zero-order valence-electron chi connectivity index (χ0n) is 25.1. The van der Waals surface area contributed by atoms with E-state index in [1.807, 2.05) is 52.8 Å². The number of halogens is 1. The number of methoxy groups -OCH3 is 1. The lowest BCUT2D eigenvalue weighted by molar-refractivity contribution is -0.140. The molecule has 0 radical (unpaired) electrons. The van der Waals surface area contributed by atoms with Gasteiger partial charge in [-0.05, 0) is 91.4 Å². The average Bonchev–Trinajstić information content (AvgIpc) is 2.96. The second-order valence-corrected chi connectivity index (χ2v) is 13.0. The van der Waals surface area contributed by atoms with E-state index in [1.54, 1.807) is 31.4 Å². The number of sulfonamides is 1. The molecule has 3 aromatic rings. The van der Waals surface area contributed by atoms with Crippen LogP contribution in [0.5, 0.6) is 5.75 Å². The normalized spacial score (nSPS) is 12.1. The maximum Gasteiger partial charge on any atom is 0.264 e. The molecular formula is C32H40ClN3O5S. The van der Waals surface area contributed by atoms with Gasteiger partial charge in [-0.25, -0.2) is 8.42 Å². The first-order valence-electron chi connectivity index (χ1n) is 13.9. The fourth-order valence-corrected chi connectivity index (χ4v) is 5.98. The SMILES string of the molecule is CC[C@@H](C(=O)NCC(C)C)N(Cc1cccc(OC)c1)C(=O)CN(c1ccc(C)c(C)c1)S(=O)(=O)c1ccc(Cl)cc1. The summed E-state index contributed by atoms with van der Waals surface area (Å²) in [6.07, 6.45) is 0.340. The number of anilines is 1. The topological polar surface area (TPSA) is 96.0 Å². The van der Waals surface area contributed by atoms with Crippen molar-refractivity contribution in [1.29, 1.82) is 0 Å². The van der Waals surface area contributed by atoms with Gasteiger partial charge in [0.05, 0.1) is 17.7 Å². The Kier molecular flexibility index (Phi) is 11.4. The molecule has 2 amide bonds. The van der Waals surface area contributed by atoms with Gasteiger partial charge in [-0.1, -0.05) is 50.6 Å². The van der Waals surface area contributed by atoms with E-state index >= 15 is 0 Å². The molecule has 0 spiro atoms. The third-order valence-electron chi connectivity index (χ3n) is 7.02. The van der Waals surface area contributed by atoms with Crippen LogP contribution in [0.3, 0.4) is 0 Å². The Bertz CT molecular complexity index is 1490. The first-order chi connectivity index (χ1) is 19.9. The third-order valence-corrected chi connectivity index (χ3v) is 9.06. The Morgan fingerprint density at radius 1 is 0.976 bits per heavy atom. The molecule has 8 nitrogen and oxygen atoms in total. The summed E-state index contributed by atoms with van der Waals surface area (Å²) < 4.78 is 34.5. The number of rotatable bonds is 13.